The first-order chi connectivity index (χ1) is 9.08. The van der Waals surface area contributed by atoms with Crippen molar-refractivity contribution in [3.63, 3.8) is 0 Å². The van der Waals surface area contributed by atoms with E-state index < -0.39 is 18.4 Å². The Labute approximate surface area is 110 Å². The largest absolute Gasteiger partial charge is 0.480 e. The molecule has 0 unspecified atom stereocenters. The molecule has 0 saturated carbocycles. The second-order valence-electron chi connectivity index (χ2n) is 3.77. The summed E-state index contributed by atoms with van der Waals surface area (Å²) in [5.74, 6) is -1.94. The third-order valence-corrected chi connectivity index (χ3v) is 2.22. The van der Waals surface area contributed by atoms with Gasteiger partial charge in [0, 0.05) is 18.3 Å². The van der Waals surface area contributed by atoms with Crippen molar-refractivity contribution in [1.82, 2.24) is 15.6 Å². The zero-order chi connectivity index (χ0) is 14.1. The Hall–Kier alpha value is -2.44. The molecule has 19 heavy (non-hydrogen) atoms. The average molecular weight is 265 g/mol. The molecule has 1 aromatic rings. The van der Waals surface area contributed by atoms with Gasteiger partial charge in [0.2, 0.25) is 11.8 Å². The van der Waals surface area contributed by atoms with Crippen molar-refractivity contribution in [3.05, 3.63) is 30.1 Å². The lowest BCUT2D eigenvalue weighted by Gasteiger charge is -2.05. The molecule has 2 amide bonds. The minimum absolute atomic E-state index is 0.225. The van der Waals surface area contributed by atoms with Crippen LogP contribution in [0.5, 0.6) is 0 Å². The van der Waals surface area contributed by atoms with Crippen LogP contribution in [0.3, 0.4) is 0 Å². The number of pyridine rings is 1. The number of carboxylic acid groups (broad SMARTS) is 1. The monoisotopic (exact) mass is 265 g/mol. The van der Waals surface area contributed by atoms with E-state index in [1.807, 2.05) is 12.1 Å². The quantitative estimate of drug-likeness (QED) is 0.606. The van der Waals surface area contributed by atoms with Gasteiger partial charge in [0.15, 0.2) is 0 Å². The molecule has 0 spiro atoms. The molecule has 0 aromatic carbocycles. The van der Waals surface area contributed by atoms with E-state index in [4.69, 9.17) is 5.11 Å². The highest BCUT2D eigenvalue weighted by Gasteiger charge is 2.07. The van der Waals surface area contributed by atoms with Gasteiger partial charge in [-0.1, -0.05) is 6.07 Å². The van der Waals surface area contributed by atoms with Gasteiger partial charge in [-0.25, -0.2) is 0 Å². The molecule has 102 valence electrons. The molecule has 1 aromatic heterocycles. The Morgan fingerprint density at radius 2 is 1.84 bits per heavy atom. The summed E-state index contributed by atoms with van der Waals surface area (Å²) in [6.45, 7) is -0.684. The Balaban J connectivity index is 2.17. The van der Waals surface area contributed by atoms with Crippen molar-refractivity contribution < 1.29 is 19.5 Å². The summed E-state index contributed by atoms with van der Waals surface area (Å²) in [5, 5.41) is 12.9. The van der Waals surface area contributed by atoms with Gasteiger partial charge >= 0.3 is 5.97 Å². The van der Waals surface area contributed by atoms with Gasteiger partial charge in [-0.3, -0.25) is 19.4 Å². The molecule has 1 rings (SSSR count). The van der Waals surface area contributed by atoms with E-state index >= 15 is 0 Å². The number of aromatic nitrogens is 1. The van der Waals surface area contributed by atoms with Crippen molar-refractivity contribution in [2.24, 2.45) is 0 Å². The van der Waals surface area contributed by atoms with Crippen molar-refractivity contribution in [2.75, 3.05) is 13.1 Å². The lowest BCUT2D eigenvalue weighted by atomic mass is 10.2. The molecular weight excluding hydrogens is 250 g/mol. The summed E-state index contributed by atoms with van der Waals surface area (Å²) in [5.41, 5.74) is 0.799. The number of rotatable bonds is 7. The number of carboxylic acids is 1. The molecule has 7 heteroatoms. The van der Waals surface area contributed by atoms with Gasteiger partial charge in [-0.2, -0.15) is 0 Å². The Morgan fingerprint density at radius 1 is 1.11 bits per heavy atom. The number of hydrogen-bond acceptors (Lipinski definition) is 4. The van der Waals surface area contributed by atoms with Crippen molar-refractivity contribution in [2.45, 2.75) is 12.8 Å². The van der Waals surface area contributed by atoms with Crippen LogP contribution in [0.2, 0.25) is 0 Å². The minimum Gasteiger partial charge on any atom is -0.480 e. The lowest BCUT2D eigenvalue weighted by Crippen LogP contribution is -2.39. The van der Waals surface area contributed by atoms with Gasteiger partial charge in [0.1, 0.15) is 6.54 Å². The van der Waals surface area contributed by atoms with Gasteiger partial charge < -0.3 is 15.7 Å². The fourth-order valence-corrected chi connectivity index (χ4v) is 1.29. The van der Waals surface area contributed by atoms with E-state index in [0.29, 0.717) is 6.42 Å². The third kappa shape index (κ3) is 6.77. The molecule has 0 atom stereocenters. The van der Waals surface area contributed by atoms with E-state index in [9.17, 15) is 14.4 Å². The van der Waals surface area contributed by atoms with Crippen LogP contribution in [-0.2, 0) is 20.8 Å². The fourth-order valence-electron chi connectivity index (χ4n) is 1.29. The standard InChI is InChI=1S/C12H15N3O4/c16-10(5-4-9-3-1-2-6-13-9)14-7-11(17)15-8-12(18)19/h1-3,6H,4-5,7-8H2,(H,14,16)(H,15,17)(H,18,19). The molecule has 0 aliphatic heterocycles. The second-order valence-corrected chi connectivity index (χ2v) is 3.77. The summed E-state index contributed by atoms with van der Waals surface area (Å²) in [7, 11) is 0. The van der Waals surface area contributed by atoms with Crippen LogP contribution >= 0.6 is 0 Å². The number of hydrogen-bond donors (Lipinski definition) is 3. The van der Waals surface area contributed by atoms with Crippen molar-refractivity contribution in [3.8, 4) is 0 Å². The minimum atomic E-state index is -1.13. The van der Waals surface area contributed by atoms with Crippen LogP contribution in [-0.4, -0.2) is 41.0 Å². The smallest absolute Gasteiger partial charge is 0.322 e. The number of aliphatic carboxylic acids is 1. The fraction of sp³-hybridized carbons (Fsp3) is 0.333. The number of aryl methyl sites for hydroxylation is 1. The molecule has 7 nitrogen and oxygen atoms in total. The topological polar surface area (TPSA) is 108 Å². The highest BCUT2D eigenvalue weighted by atomic mass is 16.4. The molecule has 0 radical (unpaired) electrons. The summed E-state index contributed by atoms with van der Waals surface area (Å²) < 4.78 is 0. The maximum absolute atomic E-state index is 11.4. The normalized spacial score (nSPS) is 9.68. The number of carbonyl (C=O) groups excluding carboxylic acids is 2. The van der Waals surface area contributed by atoms with E-state index in [2.05, 4.69) is 15.6 Å². The van der Waals surface area contributed by atoms with Crippen LogP contribution in [0.25, 0.3) is 0 Å². The number of amides is 2. The van der Waals surface area contributed by atoms with E-state index in [-0.39, 0.29) is 18.9 Å². The zero-order valence-electron chi connectivity index (χ0n) is 10.3. The highest BCUT2D eigenvalue weighted by Crippen LogP contribution is 1.97. The van der Waals surface area contributed by atoms with Crippen LogP contribution < -0.4 is 10.6 Å². The first kappa shape index (κ1) is 14.6. The molecule has 0 saturated heterocycles. The third-order valence-electron chi connectivity index (χ3n) is 2.22. The summed E-state index contributed by atoms with van der Waals surface area (Å²) in [6.07, 6.45) is 2.36. The van der Waals surface area contributed by atoms with Gasteiger partial charge in [-0.05, 0) is 18.6 Å². The zero-order valence-corrected chi connectivity index (χ0v) is 10.3. The van der Waals surface area contributed by atoms with Crippen LogP contribution in [0.15, 0.2) is 24.4 Å². The molecule has 3 N–H and O–H groups in total. The SMILES string of the molecule is O=C(O)CNC(=O)CNC(=O)CCc1ccccn1. The number of nitrogens with one attached hydrogen (secondary N) is 2. The first-order valence-corrected chi connectivity index (χ1v) is 5.73. The Morgan fingerprint density at radius 3 is 2.47 bits per heavy atom. The van der Waals surface area contributed by atoms with Gasteiger partial charge in [-0.15, -0.1) is 0 Å². The Bertz CT molecular complexity index is 448. The van der Waals surface area contributed by atoms with E-state index in [1.165, 1.54) is 0 Å². The molecular formula is C12H15N3O4. The van der Waals surface area contributed by atoms with E-state index in [0.717, 1.165) is 5.69 Å². The molecule has 1 heterocycles. The number of carbonyl (C=O) groups is 3. The first-order valence-electron chi connectivity index (χ1n) is 5.73. The maximum atomic E-state index is 11.4. The second kappa shape index (κ2) is 7.80. The molecule has 0 fully saturated rings. The maximum Gasteiger partial charge on any atom is 0.322 e. The van der Waals surface area contributed by atoms with Crippen LogP contribution in [0, 0.1) is 0 Å². The van der Waals surface area contributed by atoms with Crippen molar-refractivity contribution >= 4 is 17.8 Å². The average Bonchev–Trinajstić information content (AvgIpc) is 2.41. The predicted molar refractivity (Wildman–Crippen MR) is 66.2 cm³/mol. The molecule has 0 aliphatic rings. The lowest BCUT2D eigenvalue weighted by molar-refractivity contribution is -0.137. The highest BCUT2D eigenvalue weighted by molar-refractivity contribution is 5.86. The molecule has 0 bridgehead atoms. The van der Waals surface area contributed by atoms with Gasteiger partial charge in [0.05, 0.1) is 6.54 Å². The Kier molecular flexibility index (Phi) is 6.00. The van der Waals surface area contributed by atoms with Crippen LogP contribution in [0.4, 0.5) is 0 Å². The van der Waals surface area contributed by atoms with E-state index in [1.54, 1.807) is 12.3 Å². The summed E-state index contributed by atoms with van der Waals surface area (Å²) >= 11 is 0. The summed E-state index contributed by atoms with van der Waals surface area (Å²) in [6, 6.07) is 5.43. The molecule has 0 aliphatic carbocycles. The van der Waals surface area contributed by atoms with Crippen LogP contribution in [0.1, 0.15) is 12.1 Å². The van der Waals surface area contributed by atoms with Crippen molar-refractivity contribution in [1.29, 1.82) is 0 Å². The number of nitrogens with zero attached hydrogens (tertiary/aromatic N) is 1. The predicted octanol–water partition coefficient (Wildman–Crippen LogP) is -0.669. The summed E-state index contributed by atoms with van der Waals surface area (Å²) in [4.78, 5) is 36.8. The van der Waals surface area contributed by atoms with Gasteiger partial charge in [0.25, 0.3) is 0 Å².